The zero-order valence-corrected chi connectivity index (χ0v) is 17.2. The number of ether oxygens (including phenoxy) is 1. The highest BCUT2D eigenvalue weighted by Gasteiger charge is 2.24. The number of nitrogens with zero attached hydrogens (tertiary/aromatic N) is 2. The van der Waals surface area contributed by atoms with E-state index in [1.807, 2.05) is 30.3 Å². The minimum absolute atomic E-state index is 0.0313. The number of H-pyrrole nitrogens is 1. The maximum Gasteiger partial charge on any atom is 0.251 e. The van der Waals surface area contributed by atoms with Gasteiger partial charge in [-0.1, -0.05) is 11.6 Å². The van der Waals surface area contributed by atoms with Crippen molar-refractivity contribution in [3.05, 3.63) is 64.9 Å². The predicted molar refractivity (Wildman–Crippen MR) is 115 cm³/mol. The number of anilines is 1. The Hall–Kier alpha value is -3.06. The zero-order chi connectivity index (χ0) is 21.1. The molecule has 0 bridgehead atoms. The van der Waals surface area contributed by atoms with E-state index in [4.69, 9.17) is 16.3 Å². The standard InChI is InChI=1S/C22H22ClFN4O2/c1-30-17-7-4-14(5-8-17)20-12-21(27-26-20)28-10-2-3-16(13-28)25-22(29)15-6-9-19(24)18(23)11-15/h4-9,11-12,16H,2-3,10,13H2,1H3,(H,25,29)(H,26,27). The number of aromatic nitrogens is 2. The minimum atomic E-state index is -0.539. The van der Waals surface area contributed by atoms with Gasteiger partial charge < -0.3 is 15.0 Å². The Morgan fingerprint density at radius 3 is 2.80 bits per heavy atom. The van der Waals surface area contributed by atoms with Crippen LogP contribution < -0.4 is 15.0 Å². The third-order valence-corrected chi connectivity index (χ3v) is 5.52. The average Bonchev–Trinajstić information content (AvgIpc) is 3.26. The molecule has 2 aromatic carbocycles. The lowest BCUT2D eigenvalue weighted by Gasteiger charge is -2.33. The molecule has 0 spiro atoms. The second kappa shape index (κ2) is 8.75. The van der Waals surface area contributed by atoms with Crippen LogP contribution in [0.15, 0.2) is 48.5 Å². The highest BCUT2D eigenvalue weighted by Crippen LogP contribution is 2.26. The monoisotopic (exact) mass is 428 g/mol. The van der Waals surface area contributed by atoms with Gasteiger partial charge in [0.2, 0.25) is 0 Å². The number of amides is 1. The summed E-state index contributed by atoms with van der Waals surface area (Å²) in [4.78, 5) is 14.7. The molecule has 1 amide bonds. The number of piperidine rings is 1. The number of rotatable bonds is 5. The minimum Gasteiger partial charge on any atom is -0.497 e. The molecule has 0 aliphatic carbocycles. The number of hydrogen-bond donors (Lipinski definition) is 2. The average molecular weight is 429 g/mol. The van der Waals surface area contributed by atoms with E-state index in [0.29, 0.717) is 12.1 Å². The van der Waals surface area contributed by atoms with Gasteiger partial charge in [0.25, 0.3) is 5.91 Å². The van der Waals surface area contributed by atoms with Gasteiger partial charge in [0.05, 0.1) is 17.8 Å². The fourth-order valence-corrected chi connectivity index (χ4v) is 3.78. The third-order valence-electron chi connectivity index (χ3n) is 5.23. The molecular formula is C22H22ClFN4O2. The highest BCUT2D eigenvalue weighted by atomic mass is 35.5. The van der Waals surface area contributed by atoms with Crippen LogP contribution in [-0.2, 0) is 0 Å². The van der Waals surface area contributed by atoms with Gasteiger partial charge in [-0.25, -0.2) is 4.39 Å². The number of benzene rings is 2. The number of hydrogen-bond acceptors (Lipinski definition) is 4. The molecule has 0 saturated carbocycles. The first-order chi connectivity index (χ1) is 14.5. The number of carbonyl (C=O) groups excluding carboxylic acids is 1. The summed E-state index contributed by atoms with van der Waals surface area (Å²) in [5.74, 6) is 0.841. The fraction of sp³-hybridized carbons (Fsp3) is 0.273. The normalized spacial score (nSPS) is 16.4. The molecule has 6 nitrogen and oxygen atoms in total. The molecule has 3 aromatic rings. The summed E-state index contributed by atoms with van der Waals surface area (Å²) in [6.07, 6.45) is 1.80. The van der Waals surface area contributed by atoms with Crippen molar-refractivity contribution in [3.8, 4) is 17.0 Å². The summed E-state index contributed by atoms with van der Waals surface area (Å²) in [5.41, 5.74) is 2.28. The number of aromatic amines is 1. The molecule has 8 heteroatoms. The van der Waals surface area contributed by atoms with E-state index >= 15 is 0 Å². The summed E-state index contributed by atoms with van der Waals surface area (Å²) < 4.78 is 18.5. The van der Waals surface area contributed by atoms with Crippen molar-refractivity contribution in [2.45, 2.75) is 18.9 Å². The quantitative estimate of drug-likeness (QED) is 0.636. The lowest BCUT2D eigenvalue weighted by Crippen LogP contribution is -2.48. The summed E-state index contributed by atoms with van der Waals surface area (Å²) >= 11 is 5.79. The number of halogens is 2. The Bertz CT molecular complexity index is 1040. The van der Waals surface area contributed by atoms with Gasteiger partial charge in [-0.3, -0.25) is 9.89 Å². The van der Waals surface area contributed by atoms with Gasteiger partial charge in [-0.05, 0) is 60.9 Å². The molecule has 1 aliphatic rings. The lowest BCUT2D eigenvalue weighted by molar-refractivity contribution is 0.0933. The molecule has 156 valence electrons. The van der Waals surface area contributed by atoms with Crippen LogP contribution in [0.1, 0.15) is 23.2 Å². The summed E-state index contributed by atoms with van der Waals surface area (Å²) in [6.45, 7) is 1.51. The van der Waals surface area contributed by atoms with E-state index in [1.165, 1.54) is 18.2 Å². The van der Waals surface area contributed by atoms with Crippen LogP contribution in [0.2, 0.25) is 5.02 Å². The molecule has 1 unspecified atom stereocenters. The number of methoxy groups -OCH3 is 1. The fourth-order valence-electron chi connectivity index (χ4n) is 3.60. The topological polar surface area (TPSA) is 70.2 Å². The summed E-state index contributed by atoms with van der Waals surface area (Å²) in [7, 11) is 1.64. The molecule has 1 fully saturated rings. The van der Waals surface area contributed by atoms with Crippen LogP contribution >= 0.6 is 11.6 Å². The van der Waals surface area contributed by atoms with Gasteiger partial charge in [0.15, 0.2) is 5.82 Å². The molecule has 1 saturated heterocycles. The maximum atomic E-state index is 13.3. The second-order valence-corrected chi connectivity index (χ2v) is 7.66. The molecule has 1 aliphatic heterocycles. The van der Waals surface area contributed by atoms with E-state index in [1.54, 1.807) is 7.11 Å². The van der Waals surface area contributed by atoms with Crippen molar-refractivity contribution in [3.63, 3.8) is 0 Å². The zero-order valence-electron chi connectivity index (χ0n) is 16.5. The Labute approximate surface area is 179 Å². The molecule has 2 N–H and O–H groups in total. The van der Waals surface area contributed by atoms with Gasteiger partial charge >= 0.3 is 0 Å². The van der Waals surface area contributed by atoms with Crippen molar-refractivity contribution in [1.82, 2.24) is 15.5 Å². The molecule has 1 aromatic heterocycles. The van der Waals surface area contributed by atoms with Crippen molar-refractivity contribution >= 4 is 23.3 Å². The second-order valence-electron chi connectivity index (χ2n) is 7.26. The van der Waals surface area contributed by atoms with Crippen molar-refractivity contribution in [2.24, 2.45) is 0 Å². The molecule has 4 rings (SSSR count). The molecular weight excluding hydrogens is 407 g/mol. The van der Waals surface area contributed by atoms with E-state index in [2.05, 4.69) is 20.4 Å². The highest BCUT2D eigenvalue weighted by molar-refractivity contribution is 6.31. The molecule has 30 heavy (non-hydrogen) atoms. The van der Waals surface area contributed by atoms with Gasteiger partial charge in [-0.15, -0.1) is 0 Å². The van der Waals surface area contributed by atoms with Crippen LogP contribution in [0.25, 0.3) is 11.3 Å². The third kappa shape index (κ3) is 4.41. The Balaban J connectivity index is 1.42. The van der Waals surface area contributed by atoms with Crippen molar-refractivity contribution in [1.29, 1.82) is 0 Å². The van der Waals surface area contributed by atoms with Crippen LogP contribution in [0.5, 0.6) is 5.75 Å². The Morgan fingerprint density at radius 1 is 1.27 bits per heavy atom. The Kier molecular flexibility index (Phi) is 5.90. The van der Waals surface area contributed by atoms with E-state index in [0.717, 1.165) is 42.2 Å². The maximum absolute atomic E-state index is 13.3. The number of nitrogens with one attached hydrogen (secondary N) is 2. The summed E-state index contributed by atoms with van der Waals surface area (Å²) in [5, 5.41) is 10.5. The number of carbonyl (C=O) groups is 1. The van der Waals surface area contributed by atoms with Gasteiger partial charge in [-0.2, -0.15) is 5.10 Å². The molecule has 2 heterocycles. The van der Waals surface area contributed by atoms with Crippen LogP contribution in [-0.4, -0.2) is 42.3 Å². The van der Waals surface area contributed by atoms with E-state index < -0.39 is 5.82 Å². The first kappa shape index (κ1) is 20.2. The first-order valence-corrected chi connectivity index (χ1v) is 10.1. The van der Waals surface area contributed by atoms with E-state index in [-0.39, 0.29) is 17.0 Å². The van der Waals surface area contributed by atoms with Crippen molar-refractivity contribution < 1.29 is 13.9 Å². The van der Waals surface area contributed by atoms with Crippen molar-refractivity contribution in [2.75, 3.05) is 25.1 Å². The predicted octanol–water partition coefficient (Wildman–Crippen LogP) is 4.28. The van der Waals surface area contributed by atoms with Gasteiger partial charge in [0, 0.05) is 30.8 Å². The van der Waals surface area contributed by atoms with Gasteiger partial charge in [0.1, 0.15) is 11.6 Å². The van der Waals surface area contributed by atoms with Crippen LogP contribution in [0.4, 0.5) is 10.2 Å². The molecule has 1 atom stereocenters. The molecule has 0 radical (unpaired) electrons. The lowest BCUT2D eigenvalue weighted by atomic mass is 10.0. The SMILES string of the molecule is COc1ccc(-c2cc(N3CCCC(NC(=O)c4ccc(F)c(Cl)c4)C3)n[nH]2)cc1. The smallest absolute Gasteiger partial charge is 0.251 e. The Morgan fingerprint density at radius 2 is 2.07 bits per heavy atom. The van der Waals surface area contributed by atoms with Crippen LogP contribution in [0.3, 0.4) is 0 Å². The summed E-state index contributed by atoms with van der Waals surface area (Å²) in [6, 6.07) is 13.7. The van der Waals surface area contributed by atoms with Crippen LogP contribution in [0, 0.1) is 5.82 Å². The first-order valence-electron chi connectivity index (χ1n) is 9.74. The largest absolute Gasteiger partial charge is 0.497 e. The van der Waals surface area contributed by atoms with E-state index in [9.17, 15) is 9.18 Å².